The largest absolute Gasteiger partial charge is 0.384 e. The number of amidine groups is 1. The van der Waals surface area contributed by atoms with Crippen molar-refractivity contribution >= 4 is 63.6 Å². The van der Waals surface area contributed by atoms with E-state index in [4.69, 9.17) is 34.3 Å². The Bertz CT molecular complexity index is 1940. The summed E-state index contributed by atoms with van der Waals surface area (Å²) in [7, 11) is 1.74. The van der Waals surface area contributed by atoms with Crippen LogP contribution < -0.4 is 11.1 Å². The van der Waals surface area contributed by atoms with E-state index in [2.05, 4.69) is 10.3 Å². The molecule has 2 fully saturated rings. The Hall–Kier alpha value is -4.74. The van der Waals surface area contributed by atoms with E-state index in [0.717, 1.165) is 11.1 Å². The monoisotopic (exact) mass is 687 g/mol. The molecule has 1 unspecified atom stereocenters. The Morgan fingerprint density at radius 1 is 1.02 bits per heavy atom. The Morgan fingerprint density at radius 3 is 2.56 bits per heavy atom. The molecule has 2 saturated heterocycles. The summed E-state index contributed by atoms with van der Waals surface area (Å²) < 4.78 is 1.69. The predicted molar refractivity (Wildman–Crippen MR) is 183 cm³/mol. The summed E-state index contributed by atoms with van der Waals surface area (Å²) in [6, 6.07) is 17.0. The number of aryl methyl sites for hydroxylation is 2. The fraction of sp³-hybridized carbons (Fsp3) is 0.314. The van der Waals surface area contributed by atoms with E-state index in [-0.39, 0.29) is 42.9 Å². The number of hydrogen-bond acceptors (Lipinski definition) is 6. The number of nitrogens with one attached hydrogen (secondary N) is 2. The summed E-state index contributed by atoms with van der Waals surface area (Å²) in [5.41, 5.74) is 9.27. The fourth-order valence-electron chi connectivity index (χ4n) is 6.65. The zero-order valence-electron chi connectivity index (χ0n) is 26.3. The van der Waals surface area contributed by atoms with Crippen LogP contribution in [0.4, 0.5) is 0 Å². The van der Waals surface area contributed by atoms with Crippen molar-refractivity contribution in [3.8, 4) is 0 Å². The molecule has 3 aromatic carbocycles. The average molecular weight is 689 g/mol. The van der Waals surface area contributed by atoms with Crippen molar-refractivity contribution in [3.05, 3.63) is 99.3 Å². The summed E-state index contributed by atoms with van der Waals surface area (Å²) in [5.74, 6) is -1.35. The topological polar surface area (TPSA) is 154 Å². The number of nitrogens with zero attached hydrogens (tertiary/aromatic N) is 4. The van der Waals surface area contributed by atoms with Gasteiger partial charge in [-0.3, -0.25) is 24.6 Å². The van der Waals surface area contributed by atoms with E-state index in [1.54, 1.807) is 52.9 Å². The minimum absolute atomic E-state index is 0.102. The van der Waals surface area contributed by atoms with Gasteiger partial charge >= 0.3 is 0 Å². The van der Waals surface area contributed by atoms with Crippen molar-refractivity contribution in [2.75, 3.05) is 13.1 Å². The molecule has 3 atom stereocenters. The number of amides is 3. The number of rotatable bonds is 11. The number of para-hydroxylation sites is 2. The molecule has 11 nitrogen and oxygen atoms in total. The number of benzene rings is 3. The second-order valence-corrected chi connectivity index (χ2v) is 13.1. The highest BCUT2D eigenvalue weighted by Crippen LogP contribution is 2.30. The number of carbonyl (C=O) groups excluding carboxylic acids is 4. The lowest BCUT2D eigenvalue weighted by atomic mass is 9.99. The summed E-state index contributed by atoms with van der Waals surface area (Å²) in [6.07, 6.45) is 2.02. The molecule has 13 heteroatoms. The van der Waals surface area contributed by atoms with Crippen LogP contribution in [0.25, 0.3) is 11.0 Å². The lowest BCUT2D eigenvalue weighted by Gasteiger charge is -2.38. The summed E-state index contributed by atoms with van der Waals surface area (Å²) >= 11 is 12.1. The number of halogens is 2. The van der Waals surface area contributed by atoms with Gasteiger partial charge in [0.05, 0.1) is 33.7 Å². The molecular weight excluding hydrogens is 653 g/mol. The second-order valence-electron chi connectivity index (χ2n) is 12.2. The first-order valence-corrected chi connectivity index (χ1v) is 16.5. The van der Waals surface area contributed by atoms with Crippen molar-refractivity contribution in [1.82, 2.24) is 24.7 Å². The Morgan fingerprint density at radius 2 is 1.81 bits per heavy atom. The second kappa shape index (κ2) is 13.8. The lowest BCUT2D eigenvalue weighted by molar-refractivity contribution is -0.157. The standard InChI is InChI=1S/C35H35Cl2N7O4/c1-42-27-10-3-2-9-25(27)40-33(42)31(46)26(18-21-6-4-8-22(16-21)32(38)39)41-34(47)28-13-14-29-35(48)43(19-30(45)44(28)29)15-5-7-20-11-12-23(36)24(37)17-20/h2-4,6,8-12,16-17,26,28-29H,5,7,13-15,18-19H2,1H3,(H3,38,39)(H,41,47)/t26?,28-,29-/m1/s1. The van der Waals surface area contributed by atoms with Crippen LogP contribution in [-0.2, 0) is 34.3 Å². The summed E-state index contributed by atoms with van der Waals surface area (Å²) in [5, 5.41) is 11.7. The number of nitrogens with two attached hydrogens (primary N) is 1. The van der Waals surface area contributed by atoms with Crippen LogP contribution in [0.15, 0.2) is 66.7 Å². The van der Waals surface area contributed by atoms with Crippen LogP contribution in [-0.4, -0.2) is 79.9 Å². The minimum Gasteiger partial charge on any atom is -0.384 e. The van der Waals surface area contributed by atoms with Crippen LogP contribution >= 0.6 is 23.2 Å². The van der Waals surface area contributed by atoms with Crippen molar-refractivity contribution in [3.63, 3.8) is 0 Å². The van der Waals surface area contributed by atoms with E-state index >= 15 is 0 Å². The third-order valence-corrected chi connectivity index (χ3v) is 9.83. The van der Waals surface area contributed by atoms with Gasteiger partial charge in [-0.15, -0.1) is 0 Å². The third kappa shape index (κ3) is 6.65. The first-order valence-electron chi connectivity index (χ1n) is 15.7. The van der Waals surface area contributed by atoms with Gasteiger partial charge in [-0.2, -0.15) is 0 Å². The molecule has 0 aliphatic carbocycles. The number of hydrogen-bond donors (Lipinski definition) is 3. The van der Waals surface area contributed by atoms with Gasteiger partial charge in [0.2, 0.25) is 23.5 Å². The van der Waals surface area contributed by atoms with Crippen LogP contribution in [0.3, 0.4) is 0 Å². The molecule has 1 aromatic heterocycles. The molecule has 0 radical (unpaired) electrons. The minimum atomic E-state index is -1.04. The van der Waals surface area contributed by atoms with Gasteiger partial charge in [0.15, 0.2) is 5.82 Å². The molecule has 248 valence electrons. The van der Waals surface area contributed by atoms with E-state index in [0.29, 0.717) is 52.5 Å². The normalized spacial score (nSPS) is 18.2. The molecule has 3 amide bonds. The van der Waals surface area contributed by atoms with E-state index in [1.165, 1.54) is 4.90 Å². The molecule has 6 rings (SSSR count). The summed E-state index contributed by atoms with van der Waals surface area (Å²) in [6.45, 7) is 0.264. The number of imidazole rings is 1. The lowest BCUT2D eigenvalue weighted by Crippen LogP contribution is -2.62. The van der Waals surface area contributed by atoms with Crippen molar-refractivity contribution in [2.45, 2.75) is 50.2 Å². The highest BCUT2D eigenvalue weighted by Gasteiger charge is 2.49. The van der Waals surface area contributed by atoms with Gasteiger partial charge in [-0.1, -0.05) is 59.6 Å². The van der Waals surface area contributed by atoms with E-state index in [9.17, 15) is 19.2 Å². The smallest absolute Gasteiger partial charge is 0.245 e. The number of fused-ring (bicyclic) bond motifs is 2. The Balaban J connectivity index is 1.18. The number of ketones is 1. The molecule has 4 aromatic rings. The van der Waals surface area contributed by atoms with Crippen molar-refractivity contribution < 1.29 is 19.2 Å². The molecule has 0 saturated carbocycles. The number of carbonyl (C=O) groups is 4. The molecule has 2 aliphatic heterocycles. The van der Waals surface area contributed by atoms with Gasteiger partial charge in [-0.25, -0.2) is 4.98 Å². The van der Waals surface area contributed by atoms with Crippen LogP contribution in [0.5, 0.6) is 0 Å². The quantitative estimate of drug-likeness (QED) is 0.123. The predicted octanol–water partition coefficient (Wildman–Crippen LogP) is 3.91. The van der Waals surface area contributed by atoms with Crippen LogP contribution in [0.1, 0.15) is 46.6 Å². The van der Waals surface area contributed by atoms with Crippen LogP contribution in [0.2, 0.25) is 10.0 Å². The first-order chi connectivity index (χ1) is 23.0. The fourth-order valence-corrected chi connectivity index (χ4v) is 6.97. The summed E-state index contributed by atoms with van der Waals surface area (Å²) in [4.78, 5) is 62.4. The van der Waals surface area contributed by atoms with E-state index < -0.39 is 29.8 Å². The van der Waals surface area contributed by atoms with E-state index in [1.807, 2.05) is 30.3 Å². The van der Waals surface area contributed by atoms with Gasteiger partial charge in [0, 0.05) is 25.6 Å². The van der Waals surface area contributed by atoms with Crippen LogP contribution in [0, 0.1) is 5.41 Å². The zero-order chi connectivity index (χ0) is 34.1. The maximum atomic E-state index is 14.1. The molecule has 4 N–H and O–H groups in total. The molecule has 48 heavy (non-hydrogen) atoms. The molecule has 2 aliphatic rings. The zero-order valence-corrected chi connectivity index (χ0v) is 27.8. The van der Waals surface area contributed by atoms with Crippen molar-refractivity contribution in [2.24, 2.45) is 12.8 Å². The third-order valence-electron chi connectivity index (χ3n) is 9.09. The van der Waals surface area contributed by atoms with Gasteiger partial charge in [0.25, 0.3) is 0 Å². The Kier molecular flexibility index (Phi) is 9.52. The first kappa shape index (κ1) is 33.2. The Labute approximate surface area is 287 Å². The van der Waals surface area contributed by atoms with Gasteiger partial charge in [-0.05, 0) is 67.1 Å². The maximum absolute atomic E-state index is 14.1. The molecule has 0 spiro atoms. The molecule has 3 heterocycles. The van der Waals surface area contributed by atoms with Gasteiger partial charge < -0.3 is 25.4 Å². The maximum Gasteiger partial charge on any atom is 0.245 e. The number of Topliss-reactive ketones (excluding diaryl/α,β-unsaturated/α-hetero) is 1. The highest BCUT2D eigenvalue weighted by molar-refractivity contribution is 6.42. The van der Waals surface area contributed by atoms with Gasteiger partial charge in [0.1, 0.15) is 17.9 Å². The number of piperazine rings is 1. The molecule has 0 bridgehead atoms. The SMILES string of the molecule is Cn1c(C(=O)C(Cc2cccc(C(=N)N)c2)NC(=O)[C@H]2CC[C@@H]3C(=O)N(CCCc4ccc(Cl)c(Cl)c4)CC(=O)N23)nc2ccccc21. The number of nitrogen functional groups attached to an aromatic ring is 1. The number of aromatic nitrogens is 2. The van der Waals surface area contributed by atoms with Crippen molar-refractivity contribution in [1.29, 1.82) is 5.41 Å². The molecular formula is C35H35Cl2N7O4. The average Bonchev–Trinajstić information content (AvgIpc) is 3.67. The highest BCUT2D eigenvalue weighted by atomic mass is 35.5.